The van der Waals surface area contributed by atoms with Crippen molar-refractivity contribution in [3.05, 3.63) is 81.7 Å². The number of carbonyl (C=O) groups is 1. The van der Waals surface area contributed by atoms with Crippen molar-refractivity contribution >= 4 is 6.09 Å². The molecule has 6 heteroatoms. The third kappa shape index (κ3) is 3.25. The Kier molecular flexibility index (Phi) is 4.05. The number of azide groups is 1. The van der Waals surface area contributed by atoms with Crippen LogP contribution < -0.4 is 0 Å². The van der Waals surface area contributed by atoms with E-state index >= 15 is 0 Å². The molecule has 2 aromatic carbocycles. The molecule has 0 N–H and O–H groups in total. The standard InChI is InChI=1S/C16H13N3O3/c17-19-18-16(20)22-15(12-4-2-1-3-5-12)13-8-6-11(7-9-13)14-10-21-14/h1-9,14-15H,10H2. The molecule has 2 unspecified atom stereocenters. The molecule has 6 nitrogen and oxygen atoms in total. The molecule has 0 spiro atoms. The predicted octanol–water partition coefficient (Wildman–Crippen LogP) is 4.29. The maximum Gasteiger partial charge on any atom is 0.397 e. The summed E-state index contributed by atoms with van der Waals surface area (Å²) in [5.41, 5.74) is 11.0. The number of nitrogens with zero attached hydrogens (tertiary/aromatic N) is 3. The van der Waals surface area contributed by atoms with Gasteiger partial charge in [0.05, 0.1) is 6.61 Å². The monoisotopic (exact) mass is 295 g/mol. The van der Waals surface area contributed by atoms with Gasteiger partial charge < -0.3 is 9.47 Å². The lowest BCUT2D eigenvalue weighted by Gasteiger charge is -2.17. The first-order valence-corrected chi connectivity index (χ1v) is 6.80. The van der Waals surface area contributed by atoms with Gasteiger partial charge in [-0.15, -0.1) is 0 Å². The van der Waals surface area contributed by atoms with Crippen molar-refractivity contribution in [1.29, 1.82) is 0 Å². The van der Waals surface area contributed by atoms with Crippen molar-refractivity contribution in [2.75, 3.05) is 6.61 Å². The zero-order valence-corrected chi connectivity index (χ0v) is 11.6. The van der Waals surface area contributed by atoms with Crippen LogP contribution in [-0.2, 0) is 9.47 Å². The number of amides is 1. The summed E-state index contributed by atoms with van der Waals surface area (Å²) >= 11 is 0. The van der Waals surface area contributed by atoms with E-state index in [9.17, 15) is 4.79 Å². The second-order valence-corrected chi connectivity index (χ2v) is 4.85. The molecule has 1 aliphatic rings. The number of ether oxygens (including phenoxy) is 2. The highest BCUT2D eigenvalue weighted by Gasteiger charge is 2.25. The average molecular weight is 295 g/mol. The highest BCUT2D eigenvalue weighted by Crippen LogP contribution is 2.32. The van der Waals surface area contributed by atoms with Crippen LogP contribution in [0.25, 0.3) is 10.4 Å². The lowest BCUT2D eigenvalue weighted by Crippen LogP contribution is -2.09. The summed E-state index contributed by atoms with van der Waals surface area (Å²) in [6.07, 6.45) is -1.39. The Morgan fingerprint density at radius 1 is 1.18 bits per heavy atom. The molecule has 2 atom stereocenters. The van der Waals surface area contributed by atoms with Crippen LogP contribution in [0.5, 0.6) is 0 Å². The van der Waals surface area contributed by atoms with E-state index in [-0.39, 0.29) is 6.10 Å². The second kappa shape index (κ2) is 6.30. The Balaban J connectivity index is 1.89. The fraction of sp³-hybridized carbons (Fsp3) is 0.188. The molecule has 0 aliphatic carbocycles. The van der Waals surface area contributed by atoms with Crippen molar-refractivity contribution in [2.45, 2.75) is 12.2 Å². The molecule has 0 saturated carbocycles. The van der Waals surface area contributed by atoms with E-state index in [0.717, 1.165) is 23.3 Å². The van der Waals surface area contributed by atoms with Gasteiger partial charge in [0, 0.05) is 10.0 Å². The quantitative estimate of drug-likeness (QED) is 0.364. The molecule has 1 saturated heterocycles. The molecule has 2 aromatic rings. The SMILES string of the molecule is [N-]=[N+]=NC(=O)OC(c1ccccc1)c1ccc(C2CO2)cc1. The Labute approximate surface area is 126 Å². The molecule has 1 amide bonds. The Morgan fingerprint density at radius 2 is 1.82 bits per heavy atom. The minimum atomic E-state index is -0.953. The Bertz CT molecular complexity index is 705. The number of carbonyl (C=O) groups excluding carboxylic acids is 1. The number of hydrogen-bond acceptors (Lipinski definition) is 3. The molecule has 0 bridgehead atoms. The van der Waals surface area contributed by atoms with Gasteiger partial charge in [0.25, 0.3) is 0 Å². The van der Waals surface area contributed by atoms with Crippen molar-refractivity contribution in [3.8, 4) is 0 Å². The van der Waals surface area contributed by atoms with Gasteiger partial charge in [0.2, 0.25) is 0 Å². The van der Waals surface area contributed by atoms with Crippen LogP contribution in [0.1, 0.15) is 28.9 Å². The van der Waals surface area contributed by atoms with Crippen LogP contribution in [0.2, 0.25) is 0 Å². The van der Waals surface area contributed by atoms with Crippen LogP contribution in [0.4, 0.5) is 4.79 Å². The summed E-state index contributed by atoms with van der Waals surface area (Å²) in [6, 6.07) is 17.0. The average Bonchev–Trinajstić information content (AvgIpc) is 3.39. The van der Waals surface area contributed by atoms with E-state index in [1.807, 2.05) is 54.6 Å². The molecule has 1 heterocycles. The van der Waals surface area contributed by atoms with E-state index in [1.54, 1.807) is 0 Å². The minimum absolute atomic E-state index is 0.176. The summed E-state index contributed by atoms with van der Waals surface area (Å²) in [7, 11) is 0. The van der Waals surface area contributed by atoms with Crippen molar-refractivity contribution < 1.29 is 14.3 Å². The fourth-order valence-electron chi connectivity index (χ4n) is 2.24. The lowest BCUT2D eigenvalue weighted by atomic mass is 9.99. The Morgan fingerprint density at radius 3 is 2.41 bits per heavy atom. The normalized spacial score (nSPS) is 17.2. The highest BCUT2D eigenvalue weighted by molar-refractivity contribution is 5.68. The zero-order chi connectivity index (χ0) is 15.4. The first-order valence-electron chi connectivity index (χ1n) is 6.80. The van der Waals surface area contributed by atoms with Gasteiger partial charge in [0.15, 0.2) is 6.10 Å². The number of hydrogen-bond donors (Lipinski definition) is 0. The molecule has 0 aromatic heterocycles. The van der Waals surface area contributed by atoms with Crippen LogP contribution in [-0.4, -0.2) is 12.7 Å². The van der Waals surface area contributed by atoms with Gasteiger partial charge in [-0.05, 0) is 22.2 Å². The maximum atomic E-state index is 11.5. The van der Waals surface area contributed by atoms with Crippen molar-refractivity contribution in [2.24, 2.45) is 5.11 Å². The maximum absolute atomic E-state index is 11.5. The van der Waals surface area contributed by atoms with E-state index < -0.39 is 12.2 Å². The Hall–Kier alpha value is -2.82. The first kappa shape index (κ1) is 14.1. The van der Waals surface area contributed by atoms with Crippen LogP contribution >= 0.6 is 0 Å². The highest BCUT2D eigenvalue weighted by atomic mass is 16.6. The van der Waals surface area contributed by atoms with Crippen molar-refractivity contribution in [3.63, 3.8) is 0 Å². The fourth-order valence-corrected chi connectivity index (χ4v) is 2.24. The smallest absolute Gasteiger partial charge is 0.397 e. The van der Waals surface area contributed by atoms with Gasteiger partial charge in [0.1, 0.15) is 6.10 Å². The summed E-state index contributed by atoms with van der Waals surface area (Å²) in [4.78, 5) is 14.0. The van der Waals surface area contributed by atoms with Gasteiger partial charge in [-0.25, -0.2) is 4.79 Å². The van der Waals surface area contributed by atoms with E-state index in [1.165, 1.54) is 0 Å². The topological polar surface area (TPSA) is 87.6 Å². The molecule has 0 radical (unpaired) electrons. The first-order chi connectivity index (χ1) is 10.8. The van der Waals surface area contributed by atoms with E-state index in [4.69, 9.17) is 15.0 Å². The summed E-state index contributed by atoms with van der Waals surface area (Å²) in [5, 5.41) is 2.97. The molecule has 1 aliphatic heterocycles. The molecule has 1 fully saturated rings. The number of epoxide rings is 1. The van der Waals surface area contributed by atoms with E-state index in [2.05, 4.69) is 10.0 Å². The van der Waals surface area contributed by atoms with Gasteiger partial charge in [-0.1, -0.05) is 54.6 Å². The third-order valence-corrected chi connectivity index (χ3v) is 3.39. The second-order valence-electron chi connectivity index (χ2n) is 4.85. The minimum Gasteiger partial charge on any atom is -0.448 e. The third-order valence-electron chi connectivity index (χ3n) is 3.39. The molecule has 22 heavy (non-hydrogen) atoms. The molecule has 3 rings (SSSR count). The summed E-state index contributed by atoms with van der Waals surface area (Å²) in [5.74, 6) is 0. The van der Waals surface area contributed by atoms with E-state index in [0.29, 0.717) is 0 Å². The molecule has 110 valence electrons. The lowest BCUT2D eigenvalue weighted by molar-refractivity contribution is 0.126. The van der Waals surface area contributed by atoms with Gasteiger partial charge >= 0.3 is 6.09 Å². The van der Waals surface area contributed by atoms with Crippen LogP contribution in [0.3, 0.4) is 0 Å². The number of benzene rings is 2. The summed E-state index contributed by atoms with van der Waals surface area (Å²) < 4.78 is 10.5. The largest absolute Gasteiger partial charge is 0.448 e. The van der Waals surface area contributed by atoms with Crippen LogP contribution in [0.15, 0.2) is 59.7 Å². The molecular weight excluding hydrogens is 282 g/mol. The van der Waals surface area contributed by atoms with Crippen molar-refractivity contribution in [1.82, 2.24) is 0 Å². The van der Waals surface area contributed by atoms with Crippen LogP contribution in [0, 0.1) is 0 Å². The predicted molar refractivity (Wildman–Crippen MR) is 79.0 cm³/mol. The zero-order valence-electron chi connectivity index (χ0n) is 11.6. The summed E-state index contributed by atoms with van der Waals surface area (Å²) in [6.45, 7) is 0.743. The molecular formula is C16H13N3O3. The van der Waals surface area contributed by atoms with Gasteiger partial charge in [-0.2, -0.15) is 0 Å². The van der Waals surface area contributed by atoms with Gasteiger partial charge in [-0.3, -0.25) is 0 Å². The number of rotatable bonds is 4.